The zero-order chi connectivity index (χ0) is 11.5. The zero-order valence-electron chi connectivity index (χ0n) is 8.93. The van der Waals surface area contributed by atoms with Crippen LogP contribution in [0.25, 0.3) is 0 Å². The maximum atomic E-state index is 11.6. The smallest absolute Gasteiger partial charge is 0.260 e. The molecule has 0 saturated heterocycles. The third kappa shape index (κ3) is 2.27. The number of carbonyl (C=O) groups is 1. The molecule has 0 spiro atoms. The van der Waals surface area contributed by atoms with E-state index in [2.05, 4.69) is 15.5 Å². The molecule has 2 aromatic heterocycles. The number of carbonyl (C=O) groups excluding carboxylic acids is 1. The minimum Gasteiger partial charge on any atom is -0.472 e. The highest BCUT2D eigenvalue weighted by Crippen LogP contribution is 2.22. The minimum atomic E-state index is -0.236. The van der Waals surface area contributed by atoms with E-state index in [0.717, 1.165) is 5.01 Å². The van der Waals surface area contributed by atoms with Gasteiger partial charge in [0.2, 0.25) is 5.13 Å². The van der Waals surface area contributed by atoms with Gasteiger partial charge < -0.3 is 4.42 Å². The first kappa shape index (κ1) is 10.8. The molecule has 1 amide bonds. The quantitative estimate of drug-likeness (QED) is 0.890. The molecular weight excluding hydrogens is 226 g/mol. The van der Waals surface area contributed by atoms with Crippen molar-refractivity contribution in [1.82, 2.24) is 10.2 Å². The van der Waals surface area contributed by atoms with E-state index in [1.165, 1.54) is 23.9 Å². The van der Waals surface area contributed by atoms with E-state index in [4.69, 9.17) is 4.42 Å². The first-order valence-electron chi connectivity index (χ1n) is 4.84. The van der Waals surface area contributed by atoms with Crippen molar-refractivity contribution in [3.8, 4) is 0 Å². The SMILES string of the molecule is CC(C)c1nnc(NC(=O)c2ccoc2)s1. The van der Waals surface area contributed by atoms with Gasteiger partial charge in [-0.15, -0.1) is 10.2 Å². The molecule has 0 radical (unpaired) electrons. The van der Waals surface area contributed by atoms with E-state index in [0.29, 0.717) is 16.6 Å². The molecule has 0 fully saturated rings. The summed E-state index contributed by atoms with van der Waals surface area (Å²) in [5, 5.41) is 12.0. The summed E-state index contributed by atoms with van der Waals surface area (Å²) in [6.45, 7) is 4.06. The highest BCUT2D eigenvalue weighted by Gasteiger charge is 2.12. The average Bonchev–Trinajstić information content (AvgIpc) is 2.87. The van der Waals surface area contributed by atoms with Crippen molar-refractivity contribution in [3.63, 3.8) is 0 Å². The monoisotopic (exact) mass is 237 g/mol. The summed E-state index contributed by atoms with van der Waals surface area (Å²) in [5.74, 6) is 0.0808. The van der Waals surface area contributed by atoms with E-state index < -0.39 is 0 Å². The van der Waals surface area contributed by atoms with E-state index in [1.807, 2.05) is 13.8 Å². The van der Waals surface area contributed by atoms with Crippen LogP contribution in [0.5, 0.6) is 0 Å². The van der Waals surface area contributed by atoms with Gasteiger partial charge in [-0.3, -0.25) is 10.1 Å². The lowest BCUT2D eigenvalue weighted by molar-refractivity contribution is 0.102. The lowest BCUT2D eigenvalue weighted by Crippen LogP contribution is -2.10. The summed E-state index contributed by atoms with van der Waals surface area (Å²) < 4.78 is 4.82. The van der Waals surface area contributed by atoms with Gasteiger partial charge in [0.15, 0.2) is 0 Å². The fourth-order valence-corrected chi connectivity index (χ4v) is 1.82. The number of hydrogen-bond acceptors (Lipinski definition) is 5. The van der Waals surface area contributed by atoms with Crippen LogP contribution in [0.2, 0.25) is 0 Å². The number of amides is 1. The number of anilines is 1. The Labute approximate surface area is 96.5 Å². The molecule has 16 heavy (non-hydrogen) atoms. The summed E-state index contributed by atoms with van der Waals surface area (Å²) >= 11 is 1.38. The van der Waals surface area contributed by atoms with Gasteiger partial charge in [-0.05, 0) is 6.07 Å². The molecule has 0 atom stereocenters. The predicted molar refractivity (Wildman–Crippen MR) is 60.7 cm³/mol. The molecule has 0 unspecified atom stereocenters. The van der Waals surface area contributed by atoms with Crippen molar-refractivity contribution in [2.75, 3.05) is 5.32 Å². The standard InChI is InChI=1S/C10H11N3O2S/c1-6(2)9-12-13-10(16-9)11-8(14)7-3-4-15-5-7/h3-6H,1-2H3,(H,11,13,14). The Balaban J connectivity index is 2.07. The molecule has 1 N–H and O–H groups in total. The first-order valence-corrected chi connectivity index (χ1v) is 5.65. The van der Waals surface area contributed by atoms with Crippen LogP contribution >= 0.6 is 11.3 Å². The minimum absolute atomic E-state index is 0.236. The molecule has 0 aromatic carbocycles. The average molecular weight is 237 g/mol. The number of furan rings is 1. The number of nitrogens with zero attached hydrogens (tertiary/aromatic N) is 2. The van der Waals surface area contributed by atoms with Crippen LogP contribution in [0.15, 0.2) is 23.0 Å². The summed E-state index contributed by atoms with van der Waals surface area (Å²) in [6.07, 6.45) is 2.84. The highest BCUT2D eigenvalue weighted by atomic mass is 32.1. The van der Waals surface area contributed by atoms with Gasteiger partial charge in [0.05, 0.1) is 11.8 Å². The van der Waals surface area contributed by atoms with Crippen molar-refractivity contribution in [3.05, 3.63) is 29.2 Å². The van der Waals surface area contributed by atoms with Crippen LogP contribution in [0.3, 0.4) is 0 Å². The van der Waals surface area contributed by atoms with Crippen LogP contribution in [0, 0.1) is 0 Å². The van der Waals surface area contributed by atoms with Crippen molar-refractivity contribution in [2.45, 2.75) is 19.8 Å². The molecule has 5 nitrogen and oxygen atoms in total. The molecule has 0 aliphatic carbocycles. The normalized spacial score (nSPS) is 10.7. The van der Waals surface area contributed by atoms with E-state index in [9.17, 15) is 4.79 Å². The molecule has 2 rings (SSSR count). The van der Waals surface area contributed by atoms with Gasteiger partial charge in [-0.2, -0.15) is 0 Å². The second-order valence-electron chi connectivity index (χ2n) is 3.57. The third-order valence-electron chi connectivity index (χ3n) is 1.94. The largest absolute Gasteiger partial charge is 0.472 e. The fourth-order valence-electron chi connectivity index (χ4n) is 1.08. The summed E-state index contributed by atoms with van der Waals surface area (Å²) in [4.78, 5) is 11.6. The first-order chi connectivity index (χ1) is 7.66. The summed E-state index contributed by atoms with van der Waals surface area (Å²) in [5.41, 5.74) is 0.473. The van der Waals surface area contributed by atoms with Gasteiger partial charge in [0.25, 0.3) is 5.91 Å². The Hall–Kier alpha value is -1.69. The van der Waals surface area contributed by atoms with Crippen molar-refractivity contribution in [2.24, 2.45) is 0 Å². The number of aromatic nitrogens is 2. The van der Waals surface area contributed by atoms with E-state index in [1.54, 1.807) is 6.07 Å². The summed E-state index contributed by atoms with van der Waals surface area (Å²) in [6, 6.07) is 1.60. The molecule has 0 aliphatic heterocycles. The molecular formula is C10H11N3O2S. The van der Waals surface area contributed by atoms with Gasteiger partial charge in [-0.25, -0.2) is 0 Å². The molecule has 0 bridgehead atoms. The second kappa shape index (κ2) is 4.44. The summed E-state index contributed by atoms with van der Waals surface area (Å²) in [7, 11) is 0. The molecule has 0 saturated carbocycles. The number of hydrogen-bond donors (Lipinski definition) is 1. The Morgan fingerprint density at radius 1 is 1.50 bits per heavy atom. The van der Waals surface area contributed by atoms with Crippen molar-refractivity contribution < 1.29 is 9.21 Å². The van der Waals surface area contributed by atoms with Crippen LogP contribution < -0.4 is 5.32 Å². The molecule has 6 heteroatoms. The van der Waals surface area contributed by atoms with Crippen LogP contribution in [0.1, 0.15) is 35.1 Å². The molecule has 2 heterocycles. The second-order valence-corrected chi connectivity index (χ2v) is 4.58. The third-order valence-corrected chi connectivity index (χ3v) is 3.08. The molecule has 84 valence electrons. The van der Waals surface area contributed by atoms with Gasteiger partial charge in [0.1, 0.15) is 11.3 Å². The van der Waals surface area contributed by atoms with Crippen LogP contribution in [-0.2, 0) is 0 Å². The topological polar surface area (TPSA) is 68.0 Å². The Morgan fingerprint density at radius 2 is 2.31 bits per heavy atom. The Bertz CT molecular complexity index is 476. The highest BCUT2D eigenvalue weighted by molar-refractivity contribution is 7.15. The number of rotatable bonds is 3. The number of nitrogens with one attached hydrogen (secondary N) is 1. The Kier molecular flexibility index (Phi) is 3.00. The molecule has 0 aliphatic rings. The Morgan fingerprint density at radius 3 is 2.88 bits per heavy atom. The lowest BCUT2D eigenvalue weighted by Gasteiger charge is -1.96. The van der Waals surface area contributed by atoms with Crippen LogP contribution in [-0.4, -0.2) is 16.1 Å². The lowest BCUT2D eigenvalue weighted by atomic mass is 10.2. The maximum absolute atomic E-state index is 11.6. The van der Waals surface area contributed by atoms with Crippen LogP contribution in [0.4, 0.5) is 5.13 Å². The molecule has 2 aromatic rings. The van der Waals surface area contributed by atoms with E-state index >= 15 is 0 Å². The zero-order valence-corrected chi connectivity index (χ0v) is 9.75. The van der Waals surface area contributed by atoms with Gasteiger partial charge in [-0.1, -0.05) is 25.2 Å². The van der Waals surface area contributed by atoms with Crippen molar-refractivity contribution in [1.29, 1.82) is 0 Å². The maximum Gasteiger partial charge on any atom is 0.260 e. The predicted octanol–water partition coefficient (Wildman–Crippen LogP) is 2.51. The fraction of sp³-hybridized carbons (Fsp3) is 0.300. The van der Waals surface area contributed by atoms with Crippen molar-refractivity contribution >= 4 is 22.4 Å². The van der Waals surface area contributed by atoms with E-state index in [-0.39, 0.29) is 5.91 Å². The van der Waals surface area contributed by atoms with Gasteiger partial charge >= 0.3 is 0 Å². The van der Waals surface area contributed by atoms with Gasteiger partial charge in [0, 0.05) is 5.92 Å².